The Bertz CT molecular complexity index is 609. The molecule has 2 rings (SSSR count). The smallest absolute Gasteiger partial charge is 0.258 e. The Labute approximate surface area is 116 Å². The Kier molecular flexibility index (Phi) is 3.81. The Hall–Kier alpha value is -1.94. The molecule has 1 aromatic heterocycles. The van der Waals surface area contributed by atoms with E-state index >= 15 is 0 Å². The van der Waals surface area contributed by atoms with Crippen molar-refractivity contribution in [3.63, 3.8) is 0 Å². The van der Waals surface area contributed by atoms with Crippen LogP contribution in [0.25, 0.3) is 11.3 Å². The Morgan fingerprint density at radius 1 is 1.16 bits per heavy atom. The van der Waals surface area contributed by atoms with Crippen LogP contribution >= 0.6 is 11.6 Å². The van der Waals surface area contributed by atoms with Crippen LogP contribution in [0.4, 0.5) is 5.69 Å². The third kappa shape index (κ3) is 2.90. The molecule has 0 radical (unpaired) electrons. The van der Waals surface area contributed by atoms with Crippen molar-refractivity contribution < 1.29 is 4.92 Å². The van der Waals surface area contributed by atoms with Gasteiger partial charge >= 0.3 is 0 Å². The molecular weight excluding hydrogens is 264 g/mol. The summed E-state index contributed by atoms with van der Waals surface area (Å²) in [6.07, 6.45) is 0. The largest absolute Gasteiger partial charge is 0.295 e. The van der Waals surface area contributed by atoms with E-state index in [9.17, 15) is 10.1 Å². The highest BCUT2D eigenvalue weighted by atomic mass is 35.5. The quantitative estimate of drug-likeness (QED) is 0.473. The molecule has 0 aliphatic rings. The lowest BCUT2D eigenvalue weighted by molar-refractivity contribution is -0.384. The summed E-state index contributed by atoms with van der Waals surface area (Å²) in [6, 6.07) is 10.4. The number of aromatic nitrogens is 1. The highest BCUT2D eigenvalue weighted by molar-refractivity contribution is 6.29. The van der Waals surface area contributed by atoms with Crippen LogP contribution in [0.5, 0.6) is 0 Å². The number of nitro groups is 1. The van der Waals surface area contributed by atoms with E-state index < -0.39 is 4.92 Å². The van der Waals surface area contributed by atoms with Crippen molar-refractivity contribution in [2.45, 2.75) is 19.8 Å². The lowest BCUT2D eigenvalue weighted by atomic mass is 10.0. The van der Waals surface area contributed by atoms with Gasteiger partial charge < -0.3 is 0 Å². The molecule has 0 saturated carbocycles. The molecule has 0 bridgehead atoms. The van der Waals surface area contributed by atoms with Gasteiger partial charge in [0.05, 0.1) is 4.92 Å². The molecule has 0 aliphatic carbocycles. The molecule has 0 aliphatic heterocycles. The summed E-state index contributed by atoms with van der Waals surface area (Å²) < 4.78 is 0. The molecule has 4 nitrogen and oxygen atoms in total. The first kappa shape index (κ1) is 13.5. The minimum Gasteiger partial charge on any atom is -0.258 e. The van der Waals surface area contributed by atoms with Crippen LogP contribution in [0.15, 0.2) is 36.4 Å². The molecular formula is C14H13ClN2O2. The predicted octanol–water partition coefficient (Wildman–Crippen LogP) is 4.43. The maximum atomic E-state index is 11.0. The van der Waals surface area contributed by atoms with Gasteiger partial charge in [0, 0.05) is 11.6 Å². The van der Waals surface area contributed by atoms with E-state index in [-0.39, 0.29) is 10.8 Å². The van der Waals surface area contributed by atoms with Gasteiger partial charge in [0.2, 0.25) is 0 Å². The average Bonchev–Trinajstić information content (AvgIpc) is 2.38. The lowest BCUT2D eigenvalue weighted by Gasteiger charge is -2.07. The lowest BCUT2D eigenvalue weighted by Crippen LogP contribution is -1.95. The second-order valence-corrected chi connectivity index (χ2v) is 4.92. The molecule has 19 heavy (non-hydrogen) atoms. The zero-order chi connectivity index (χ0) is 14.0. The molecule has 0 saturated heterocycles. The number of nitrogens with zero attached hydrogens (tertiary/aromatic N) is 2. The SMILES string of the molecule is CC(C)c1ccc(-c2nc(Cl)ccc2[N+](=O)[O-])cc1. The first-order chi connectivity index (χ1) is 8.99. The van der Waals surface area contributed by atoms with Crippen LogP contribution < -0.4 is 0 Å². The maximum absolute atomic E-state index is 11.0. The first-order valence-electron chi connectivity index (χ1n) is 5.90. The second-order valence-electron chi connectivity index (χ2n) is 4.54. The van der Waals surface area contributed by atoms with E-state index in [4.69, 9.17) is 11.6 Å². The van der Waals surface area contributed by atoms with Gasteiger partial charge in [-0.05, 0) is 17.5 Å². The summed E-state index contributed by atoms with van der Waals surface area (Å²) in [4.78, 5) is 14.6. The zero-order valence-corrected chi connectivity index (χ0v) is 11.4. The first-order valence-corrected chi connectivity index (χ1v) is 6.28. The van der Waals surface area contributed by atoms with E-state index in [1.165, 1.54) is 17.7 Å². The fourth-order valence-electron chi connectivity index (χ4n) is 1.81. The average molecular weight is 277 g/mol. The van der Waals surface area contributed by atoms with Gasteiger partial charge in [0.15, 0.2) is 0 Å². The van der Waals surface area contributed by atoms with Crippen molar-refractivity contribution in [3.8, 4) is 11.3 Å². The molecule has 0 unspecified atom stereocenters. The van der Waals surface area contributed by atoms with E-state index in [1.807, 2.05) is 24.3 Å². The fraction of sp³-hybridized carbons (Fsp3) is 0.214. The predicted molar refractivity (Wildman–Crippen MR) is 75.4 cm³/mol. The molecule has 0 fully saturated rings. The van der Waals surface area contributed by atoms with Gasteiger partial charge in [0.1, 0.15) is 10.8 Å². The number of rotatable bonds is 3. The third-order valence-corrected chi connectivity index (χ3v) is 3.10. The van der Waals surface area contributed by atoms with Crippen LogP contribution in [0.1, 0.15) is 25.3 Å². The summed E-state index contributed by atoms with van der Waals surface area (Å²) in [5, 5.41) is 11.2. The third-order valence-electron chi connectivity index (χ3n) is 2.89. The Morgan fingerprint density at radius 3 is 2.32 bits per heavy atom. The van der Waals surface area contributed by atoms with E-state index in [0.717, 1.165) is 0 Å². The summed E-state index contributed by atoms with van der Waals surface area (Å²) in [7, 11) is 0. The topological polar surface area (TPSA) is 56.0 Å². The van der Waals surface area contributed by atoms with Crippen molar-refractivity contribution >= 4 is 17.3 Å². The summed E-state index contributed by atoms with van der Waals surface area (Å²) in [6.45, 7) is 4.18. The van der Waals surface area contributed by atoms with Crippen molar-refractivity contribution in [2.24, 2.45) is 0 Å². The van der Waals surface area contributed by atoms with Crippen LogP contribution in [-0.4, -0.2) is 9.91 Å². The molecule has 2 aromatic rings. The van der Waals surface area contributed by atoms with Gasteiger partial charge in [-0.25, -0.2) is 4.98 Å². The fourth-order valence-corrected chi connectivity index (χ4v) is 1.96. The Balaban J connectivity index is 2.51. The molecule has 0 amide bonds. The van der Waals surface area contributed by atoms with Gasteiger partial charge in [-0.3, -0.25) is 10.1 Å². The van der Waals surface area contributed by atoms with Gasteiger partial charge in [-0.1, -0.05) is 49.7 Å². The van der Waals surface area contributed by atoms with Crippen LogP contribution in [0, 0.1) is 10.1 Å². The van der Waals surface area contributed by atoms with Crippen molar-refractivity contribution in [3.05, 3.63) is 57.2 Å². The number of pyridine rings is 1. The van der Waals surface area contributed by atoms with Crippen LogP contribution in [0.3, 0.4) is 0 Å². The van der Waals surface area contributed by atoms with Crippen molar-refractivity contribution in [1.82, 2.24) is 4.98 Å². The van der Waals surface area contributed by atoms with Crippen LogP contribution in [-0.2, 0) is 0 Å². The monoisotopic (exact) mass is 276 g/mol. The van der Waals surface area contributed by atoms with Crippen LogP contribution in [0.2, 0.25) is 5.15 Å². The van der Waals surface area contributed by atoms with E-state index in [0.29, 0.717) is 17.2 Å². The standard InChI is InChI=1S/C14H13ClN2O2/c1-9(2)10-3-5-11(6-4-10)14-12(17(18)19)7-8-13(15)16-14/h3-9H,1-2H3. The minimum atomic E-state index is -0.449. The molecule has 1 heterocycles. The summed E-state index contributed by atoms with van der Waals surface area (Å²) >= 11 is 5.82. The number of hydrogen-bond donors (Lipinski definition) is 0. The minimum absolute atomic E-state index is 0.0401. The molecule has 0 spiro atoms. The van der Waals surface area contributed by atoms with Gasteiger partial charge in [0.25, 0.3) is 5.69 Å². The highest BCUT2D eigenvalue weighted by Gasteiger charge is 2.17. The van der Waals surface area contributed by atoms with Gasteiger partial charge in [-0.15, -0.1) is 0 Å². The van der Waals surface area contributed by atoms with E-state index in [1.54, 1.807) is 0 Å². The molecule has 0 atom stereocenters. The van der Waals surface area contributed by atoms with Crippen molar-refractivity contribution in [1.29, 1.82) is 0 Å². The number of hydrogen-bond acceptors (Lipinski definition) is 3. The van der Waals surface area contributed by atoms with E-state index in [2.05, 4.69) is 18.8 Å². The van der Waals surface area contributed by atoms with Gasteiger partial charge in [-0.2, -0.15) is 0 Å². The number of halogens is 1. The maximum Gasteiger partial charge on any atom is 0.295 e. The molecule has 98 valence electrons. The second kappa shape index (κ2) is 5.36. The molecule has 1 aromatic carbocycles. The Morgan fingerprint density at radius 2 is 1.79 bits per heavy atom. The highest BCUT2D eigenvalue weighted by Crippen LogP contribution is 2.30. The van der Waals surface area contributed by atoms with Crippen molar-refractivity contribution in [2.75, 3.05) is 0 Å². The summed E-state index contributed by atoms with van der Waals surface area (Å²) in [5.41, 5.74) is 2.13. The summed E-state index contributed by atoms with van der Waals surface area (Å²) in [5.74, 6) is 0.413. The normalized spacial score (nSPS) is 10.7. The molecule has 5 heteroatoms. The zero-order valence-electron chi connectivity index (χ0n) is 10.6. The molecule has 0 N–H and O–H groups in total. The number of benzene rings is 1.